The van der Waals surface area contributed by atoms with Crippen molar-refractivity contribution in [2.24, 2.45) is 5.41 Å². The van der Waals surface area contributed by atoms with Gasteiger partial charge in [-0.3, -0.25) is 4.79 Å². The molecule has 1 atom stereocenters. The summed E-state index contributed by atoms with van der Waals surface area (Å²) in [7, 11) is 0. The highest BCUT2D eigenvalue weighted by atomic mass is 16.5. The van der Waals surface area contributed by atoms with E-state index in [1.807, 2.05) is 66.8 Å². The van der Waals surface area contributed by atoms with Crippen LogP contribution in [0.15, 0.2) is 97.1 Å². The lowest BCUT2D eigenvalue weighted by atomic mass is 9.78. The summed E-state index contributed by atoms with van der Waals surface area (Å²) in [4.78, 5) is 24.4. The maximum absolute atomic E-state index is 12.4. The van der Waals surface area contributed by atoms with Gasteiger partial charge < -0.3 is 10.1 Å². The fourth-order valence-electron chi connectivity index (χ4n) is 3.19. The molecule has 0 heterocycles. The summed E-state index contributed by atoms with van der Waals surface area (Å²) in [6, 6.07) is 18.8. The Morgan fingerprint density at radius 2 is 1.72 bits per heavy atom. The number of amides is 1. The van der Waals surface area contributed by atoms with Crippen LogP contribution < -0.4 is 5.32 Å². The third-order valence-corrected chi connectivity index (χ3v) is 4.87. The number of ketones is 1. The Morgan fingerprint density at radius 3 is 2.41 bits per heavy atom. The molecule has 29 heavy (non-hydrogen) atoms. The van der Waals surface area contributed by atoms with E-state index in [0.717, 1.165) is 12.0 Å². The van der Waals surface area contributed by atoms with Crippen molar-refractivity contribution < 1.29 is 14.3 Å². The zero-order valence-corrected chi connectivity index (χ0v) is 16.3. The Bertz CT molecular complexity index is 900. The number of hydrogen-bond donors (Lipinski definition) is 1. The molecule has 0 saturated heterocycles. The molecule has 2 aromatic carbocycles. The van der Waals surface area contributed by atoms with Gasteiger partial charge in [-0.1, -0.05) is 91.0 Å². The molecule has 1 amide bonds. The molecule has 148 valence electrons. The molecule has 0 aromatic heterocycles. The van der Waals surface area contributed by atoms with E-state index in [1.165, 1.54) is 0 Å². The van der Waals surface area contributed by atoms with Crippen LogP contribution in [0.25, 0.3) is 0 Å². The van der Waals surface area contributed by atoms with Crippen LogP contribution in [0.4, 0.5) is 4.79 Å². The lowest BCUT2D eigenvalue weighted by molar-refractivity contribution is 0.104. The molecule has 1 unspecified atom stereocenters. The molecule has 0 aliphatic heterocycles. The molecule has 1 N–H and O–H groups in total. The number of nitrogens with one attached hydrogen (secondary N) is 1. The van der Waals surface area contributed by atoms with Gasteiger partial charge in [-0.05, 0) is 24.5 Å². The Balaban J connectivity index is 1.53. The van der Waals surface area contributed by atoms with Crippen molar-refractivity contribution in [3.05, 3.63) is 108 Å². The Morgan fingerprint density at radius 1 is 1.00 bits per heavy atom. The number of carbonyl (C=O) groups excluding carboxylic acids is 2. The fraction of sp³-hybridized carbons (Fsp3) is 0.200. The van der Waals surface area contributed by atoms with Crippen LogP contribution >= 0.6 is 0 Å². The number of hydrogen-bond acceptors (Lipinski definition) is 3. The quantitative estimate of drug-likeness (QED) is 0.497. The molecule has 0 radical (unpaired) electrons. The van der Waals surface area contributed by atoms with Crippen molar-refractivity contribution in [2.75, 3.05) is 6.54 Å². The van der Waals surface area contributed by atoms with Gasteiger partial charge in [0.25, 0.3) is 0 Å². The number of ether oxygens (including phenoxy) is 1. The van der Waals surface area contributed by atoms with Gasteiger partial charge in [0.15, 0.2) is 5.78 Å². The number of benzene rings is 2. The summed E-state index contributed by atoms with van der Waals surface area (Å²) in [5, 5.41) is 2.81. The SMILES string of the molecule is O=C(NCCC1(C=CC(=O)c2ccccc2)C=CC=CC1)OCc1ccccc1. The first-order valence-electron chi connectivity index (χ1n) is 9.74. The normalized spacial score (nSPS) is 17.9. The summed E-state index contributed by atoms with van der Waals surface area (Å²) < 4.78 is 5.25. The Kier molecular flexibility index (Phi) is 7.17. The minimum atomic E-state index is -0.441. The van der Waals surface area contributed by atoms with Gasteiger partial charge >= 0.3 is 6.09 Å². The second-order valence-corrected chi connectivity index (χ2v) is 7.03. The number of allylic oxidation sites excluding steroid dienone is 6. The molecule has 0 fully saturated rings. The zero-order chi connectivity index (χ0) is 20.4. The van der Waals surface area contributed by atoms with Gasteiger partial charge in [0, 0.05) is 17.5 Å². The summed E-state index contributed by atoms with van der Waals surface area (Å²) in [5.41, 5.74) is 1.31. The molecule has 1 aliphatic rings. The van der Waals surface area contributed by atoms with Crippen LogP contribution in [-0.4, -0.2) is 18.4 Å². The third kappa shape index (κ3) is 6.32. The highest BCUT2D eigenvalue weighted by Gasteiger charge is 2.24. The highest BCUT2D eigenvalue weighted by molar-refractivity contribution is 6.04. The molecular formula is C25H25NO3. The highest BCUT2D eigenvalue weighted by Crippen LogP contribution is 2.33. The van der Waals surface area contributed by atoms with E-state index in [-0.39, 0.29) is 17.8 Å². The van der Waals surface area contributed by atoms with Crippen LogP contribution in [0.5, 0.6) is 0 Å². The van der Waals surface area contributed by atoms with Crippen molar-refractivity contribution >= 4 is 11.9 Å². The molecule has 0 saturated carbocycles. The minimum absolute atomic E-state index is 0.0249. The number of rotatable bonds is 8. The van der Waals surface area contributed by atoms with Crippen LogP contribution in [0.1, 0.15) is 28.8 Å². The van der Waals surface area contributed by atoms with Crippen molar-refractivity contribution in [1.82, 2.24) is 5.32 Å². The van der Waals surface area contributed by atoms with Crippen molar-refractivity contribution in [3.63, 3.8) is 0 Å². The summed E-state index contributed by atoms with van der Waals surface area (Å²) in [5.74, 6) is -0.0249. The first-order valence-corrected chi connectivity index (χ1v) is 9.74. The van der Waals surface area contributed by atoms with E-state index < -0.39 is 6.09 Å². The standard InChI is InChI=1S/C25H25NO3/c27-23(22-12-6-2-7-13-22)14-17-25(15-8-3-9-16-25)18-19-26-24(28)29-20-21-10-4-1-5-11-21/h1-15,17H,16,18-20H2,(H,26,28). The van der Waals surface area contributed by atoms with E-state index in [4.69, 9.17) is 4.74 Å². The average Bonchev–Trinajstić information content (AvgIpc) is 2.78. The molecule has 1 aliphatic carbocycles. The summed E-state index contributed by atoms with van der Waals surface area (Å²) in [6.07, 6.45) is 12.7. The molecule has 0 bridgehead atoms. The van der Waals surface area contributed by atoms with Gasteiger partial charge in [0.2, 0.25) is 0 Å². The maximum Gasteiger partial charge on any atom is 0.407 e. The molecular weight excluding hydrogens is 362 g/mol. The summed E-state index contributed by atoms with van der Waals surface area (Å²) >= 11 is 0. The van der Waals surface area contributed by atoms with Gasteiger partial charge in [-0.25, -0.2) is 4.79 Å². The first kappa shape index (κ1) is 20.3. The second-order valence-electron chi connectivity index (χ2n) is 7.03. The van der Waals surface area contributed by atoms with E-state index in [1.54, 1.807) is 18.2 Å². The first-order chi connectivity index (χ1) is 14.2. The maximum atomic E-state index is 12.4. The molecule has 4 heteroatoms. The van der Waals surface area contributed by atoms with Crippen LogP contribution in [0.2, 0.25) is 0 Å². The fourth-order valence-corrected chi connectivity index (χ4v) is 3.19. The molecule has 0 spiro atoms. The van der Waals surface area contributed by atoms with E-state index >= 15 is 0 Å². The smallest absolute Gasteiger partial charge is 0.407 e. The topological polar surface area (TPSA) is 55.4 Å². The van der Waals surface area contributed by atoms with E-state index in [2.05, 4.69) is 17.5 Å². The van der Waals surface area contributed by atoms with Crippen molar-refractivity contribution in [3.8, 4) is 0 Å². The van der Waals surface area contributed by atoms with Crippen LogP contribution in [0, 0.1) is 5.41 Å². The Labute approximate surface area is 171 Å². The zero-order valence-electron chi connectivity index (χ0n) is 16.3. The average molecular weight is 387 g/mol. The van der Waals surface area contributed by atoms with Gasteiger partial charge in [-0.15, -0.1) is 0 Å². The largest absolute Gasteiger partial charge is 0.445 e. The summed E-state index contributed by atoms with van der Waals surface area (Å²) in [6.45, 7) is 0.696. The van der Waals surface area contributed by atoms with Gasteiger partial charge in [-0.2, -0.15) is 0 Å². The van der Waals surface area contributed by atoms with Crippen LogP contribution in [-0.2, 0) is 11.3 Å². The predicted molar refractivity (Wildman–Crippen MR) is 114 cm³/mol. The second kappa shape index (κ2) is 10.2. The van der Waals surface area contributed by atoms with E-state index in [9.17, 15) is 9.59 Å². The Hall–Kier alpha value is -3.40. The molecule has 4 nitrogen and oxygen atoms in total. The minimum Gasteiger partial charge on any atom is -0.445 e. The van der Waals surface area contributed by atoms with E-state index in [0.29, 0.717) is 18.5 Å². The van der Waals surface area contributed by atoms with Gasteiger partial charge in [0.05, 0.1) is 0 Å². The van der Waals surface area contributed by atoms with Crippen molar-refractivity contribution in [2.45, 2.75) is 19.4 Å². The lowest BCUT2D eigenvalue weighted by Gasteiger charge is -2.28. The molecule has 3 rings (SSSR count). The third-order valence-electron chi connectivity index (χ3n) is 4.87. The van der Waals surface area contributed by atoms with Crippen molar-refractivity contribution in [1.29, 1.82) is 0 Å². The number of alkyl carbamates (subject to hydrolysis) is 1. The molecule has 2 aromatic rings. The van der Waals surface area contributed by atoms with Gasteiger partial charge in [0.1, 0.15) is 6.61 Å². The monoisotopic (exact) mass is 387 g/mol. The predicted octanol–water partition coefficient (Wildman–Crippen LogP) is 5.24. The van der Waals surface area contributed by atoms with Crippen LogP contribution in [0.3, 0.4) is 0 Å². The lowest BCUT2D eigenvalue weighted by Crippen LogP contribution is -2.29. The number of carbonyl (C=O) groups is 2.